The Hall–Kier alpha value is -3.12. The number of carbonyl (C=O) groups is 1. The molecule has 1 amide bonds. The molecule has 1 rings (SSSR count). The van der Waals surface area contributed by atoms with E-state index in [9.17, 15) is 84.5 Å². The normalized spacial score (nSPS) is 15.7. The van der Waals surface area contributed by atoms with Crippen molar-refractivity contribution in [2.75, 3.05) is 13.2 Å². The number of allylic oxidation sites excluding steroid dienone is 2. The molecule has 6 nitrogen and oxygen atoms in total. The van der Waals surface area contributed by atoms with Crippen molar-refractivity contribution in [1.82, 2.24) is 5.48 Å². The maximum absolute atomic E-state index is 14.8. The summed E-state index contributed by atoms with van der Waals surface area (Å²) in [5.41, 5.74) is 1.23. The van der Waals surface area contributed by atoms with E-state index in [1.165, 1.54) is 57.4 Å². The minimum atomic E-state index is -8.68. The highest BCUT2D eigenvalue weighted by atomic mass is 28.4. The summed E-state index contributed by atoms with van der Waals surface area (Å²) in [5.74, 6) is -57.3. The van der Waals surface area contributed by atoms with Crippen LogP contribution in [0.5, 0.6) is 5.75 Å². The van der Waals surface area contributed by atoms with Gasteiger partial charge in [0.15, 0.2) is 8.32 Å². The molecule has 0 aliphatic carbocycles. The second-order valence-electron chi connectivity index (χ2n) is 13.8. The highest BCUT2D eigenvalue weighted by Crippen LogP contribution is 2.64. The molecule has 0 saturated carbocycles. The first kappa shape index (κ1) is 51.9. The summed E-state index contributed by atoms with van der Waals surface area (Å²) in [6.07, 6.45) is -8.61. The fraction of sp³-hybridized carbons (Fsp3) is 0.667. The maximum Gasteiger partial charge on any atom is 0.460 e. The fourth-order valence-corrected chi connectivity index (χ4v) is 10.2. The summed E-state index contributed by atoms with van der Waals surface area (Å²) in [6.45, 7) is 7.63. The van der Waals surface area contributed by atoms with E-state index >= 15 is 0 Å². The average molecular weight is 882 g/mol. The summed E-state index contributed by atoms with van der Waals surface area (Å²) in [5, 5.41) is 19.1. The van der Waals surface area contributed by atoms with Gasteiger partial charge in [0.1, 0.15) is 12.4 Å². The first-order valence-electron chi connectivity index (χ1n) is 16.5. The van der Waals surface area contributed by atoms with Gasteiger partial charge in [-0.3, -0.25) is 10.0 Å². The molecule has 0 unspecified atom stereocenters. The molecule has 0 radical (unpaired) electrons. The number of hydrogen-bond donors (Lipinski definition) is 3. The summed E-state index contributed by atoms with van der Waals surface area (Å²) in [4.78, 5) is 11.2. The number of nitrogens with one attached hydrogen (secondary N) is 1. The number of hydroxylamine groups is 1. The van der Waals surface area contributed by atoms with Crippen LogP contribution in [-0.4, -0.2) is 85.4 Å². The Labute approximate surface area is 316 Å². The number of benzene rings is 1. The minimum Gasteiger partial charge on any atom is -0.491 e. The molecule has 1 aromatic rings. The van der Waals surface area contributed by atoms with Crippen LogP contribution in [0.4, 0.5) is 74.6 Å². The van der Waals surface area contributed by atoms with E-state index in [4.69, 9.17) is 14.4 Å². The number of alkyl halides is 17. The highest BCUT2D eigenvalue weighted by molar-refractivity contribution is 6.76. The summed E-state index contributed by atoms with van der Waals surface area (Å²) in [7, 11) is -3.95. The Balaban J connectivity index is 3.19. The Kier molecular flexibility index (Phi) is 16.4. The molecule has 0 aliphatic heterocycles. The quantitative estimate of drug-likeness (QED) is 0.0218. The molecule has 0 spiro atoms. The van der Waals surface area contributed by atoms with Crippen LogP contribution in [0.1, 0.15) is 66.1 Å². The highest BCUT2D eigenvalue weighted by Gasteiger charge is 2.95. The van der Waals surface area contributed by atoms with E-state index in [0.717, 1.165) is 6.08 Å². The molecule has 0 heterocycles. The van der Waals surface area contributed by atoms with Crippen LogP contribution < -0.4 is 10.2 Å². The van der Waals surface area contributed by atoms with E-state index in [1.807, 2.05) is 0 Å². The lowest BCUT2D eigenvalue weighted by molar-refractivity contribution is -0.461. The van der Waals surface area contributed by atoms with Gasteiger partial charge in [0.2, 0.25) is 0 Å². The summed E-state index contributed by atoms with van der Waals surface area (Å²) >= 11 is 0. The lowest BCUT2D eigenvalue weighted by Crippen LogP contribution is -2.74. The number of halogens is 17. The van der Waals surface area contributed by atoms with Crippen molar-refractivity contribution in [3.63, 3.8) is 0 Å². The molecule has 0 aromatic heterocycles. The lowest BCUT2D eigenvalue weighted by Gasteiger charge is -2.44. The Morgan fingerprint density at radius 1 is 0.702 bits per heavy atom. The van der Waals surface area contributed by atoms with Crippen LogP contribution in [0.2, 0.25) is 17.1 Å². The first-order valence-corrected chi connectivity index (χ1v) is 18.8. The zero-order chi connectivity index (χ0) is 45.0. The van der Waals surface area contributed by atoms with E-state index in [2.05, 4.69) is 0 Å². The fourth-order valence-electron chi connectivity index (χ4n) is 5.68. The smallest absolute Gasteiger partial charge is 0.460 e. The van der Waals surface area contributed by atoms with Crippen LogP contribution in [0.25, 0.3) is 0 Å². The standard InChI is InChI=1S/C33H40F17NO5Si/c1-18(2)57(19(3)4,56-13-12-55-23-9-7-22(8-10-23)24(52)16-20(5)15-21(6)17-25(53)51-54)14-11-26(34,35)27(36,37)28(38,39)29(40,41)30(42,43)31(44,45)32(46,47)33(48,49)50/h7-10,15,17-19,24,52,54H,11-14,16H2,1-6H3,(H,51,53)/b20-15+,21-17+/t24-/m0/s1. The third-order valence-corrected chi connectivity index (χ3v) is 14.7. The number of amides is 1. The monoisotopic (exact) mass is 881 g/mol. The predicted molar refractivity (Wildman–Crippen MR) is 171 cm³/mol. The Morgan fingerprint density at radius 2 is 1.14 bits per heavy atom. The molecular weight excluding hydrogens is 841 g/mol. The number of ether oxygens (including phenoxy) is 1. The molecule has 1 atom stereocenters. The Morgan fingerprint density at radius 3 is 1.56 bits per heavy atom. The van der Waals surface area contributed by atoms with Gasteiger partial charge < -0.3 is 14.3 Å². The van der Waals surface area contributed by atoms with Crippen molar-refractivity contribution in [2.45, 2.75) is 125 Å². The molecule has 57 heavy (non-hydrogen) atoms. The van der Waals surface area contributed by atoms with Gasteiger partial charge in [0.05, 0.1) is 12.7 Å². The third kappa shape index (κ3) is 10.4. The van der Waals surface area contributed by atoms with Gasteiger partial charge in [-0.2, -0.15) is 74.6 Å². The van der Waals surface area contributed by atoms with Gasteiger partial charge >= 0.3 is 47.6 Å². The van der Waals surface area contributed by atoms with Crippen LogP contribution >= 0.6 is 0 Å². The zero-order valence-electron chi connectivity index (χ0n) is 30.8. The van der Waals surface area contributed by atoms with E-state index in [-0.39, 0.29) is 18.8 Å². The number of hydrogen-bond acceptors (Lipinski definition) is 5. The molecule has 0 fully saturated rings. The van der Waals surface area contributed by atoms with E-state index in [1.54, 1.807) is 19.9 Å². The molecule has 330 valence electrons. The summed E-state index contributed by atoms with van der Waals surface area (Å²) in [6, 6.07) is 4.39. The van der Waals surface area contributed by atoms with E-state index in [0.29, 0.717) is 16.7 Å². The van der Waals surface area contributed by atoms with Crippen LogP contribution in [0.3, 0.4) is 0 Å². The zero-order valence-corrected chi connectivity index (χ0v) is 31.8. The van der Waals surface area contributed by atoms with Crippen LogP contribution in [-0.2, 0) is 9.22 Å². The number of aliphatic hydroxyl groups is 1. The van der Waals surface area contributed by atoms with Crippen molar-refractivity contribution in [1.29, 1.82) is 0 Å². The first-order chi connectivity index (χ1) is 25.4. The molecule has 0 aliphatic rings. The lowest BCUT2D eigenvalue weighted by atomic mass is 9.88. The molecule has 1 aromatic carbocycles. The number of carbonyl (C=O) groups excluding carboxylic acids is 1. The second kappa shape index (κ2) is 18.0. The van der Waals surface area contributed by atoms with E-state index < -0.39 is 98.1 Å². The van der Waals surface area contributed by atoms with Gasteiger partial charge in [-0.25, -0.2) is 5.48 Å². The van der Waals surface area contributed by atoms with Gasteiger partial charge in [0, 0.05) is 12.5 Å². The van der Waals surface area contributed by atoms with Gasteiger partial charge in [-0.1, -0.05) is 51.5 Å². The molecule has 24 heteroatoms. The van der Waals surface area contributed by atoms with Crippen molar-refractivity contribution < 1.29 is 98.9 Å². The van der Waals surface area contributed by atoms with Gasteiger partial charge in [-0.05, 0) is 60.7 Å². The van der Waals surface area contributed by atoms with Crippen molar-refractivity contribution in [2.24, 2.45) is 0 Å². The second-order valence-corrected chi connectivity index (χ2v) is 18.8. The van der Waals surface area contributed by atoms with Gasteiger partial charge in [0.25, 0.3) is 5.91 Å². The third-order valence-electron chi connectivity index (χ3n) is 9.02. The average Bonchev–Trinajstić information content (AvgIpc) is 3.06. The molecule has 0 saturated heterocycles. The topological polar surface area (TPSA) is 88.0 Å². The molecular formula is C33H40F17NO5Si. The van der Waals surface area contributed by atoms with Crippen LogP contribution in [0, 0.1) is 0 Å². The summed E-state index contributed by atoms with van der Waals surface area (Å²) < 4.78 is 245. The van der Waals surface area contributed by atoms with Crippen molar-refractivity contribution >= 4 is 14.2 Å². The van der Waals surface area contributed by atoms with Gasteiger partial charge in [-0.15, -0.1) is 0 Å². The number of aliphatic hydroxyl groups excluding tert-OH is 1. The predicted octanol–water partition coefficient (Wildman–Crippen LogP) is 11.1. The minimum absolute atomic E-state index is 0.116. The molecule has 3 N–H and O–H groups in total. The maximum atomic E-state index is 14.8. The SMILES string of the molecule is CC(=C\C(=O)NO)/C=C(\C)C[C@H](O)c1ccc(OCCO[Si](CCC(F)(F)C(F)(F)C(F)(F)C(F)(F)C(F)(F)C(F)(F)C(F)(F)C(F)(F)F)(C(C)C)C(C)C)cc1. The molecule has 0 bridgehead atoms. The number of rotatable bonds is 21. The Bertz CT molecular complexity index is 1550. The van der Waals surface area contributed by atoms with Crippen LogP contribution in [0.15, 0.2) is 47.6 Å². The van der Waals surface area contributed by atoms with Crippen molar-refractivity contribution in [3.05, 3.63) is 53.1 Å². The largest absolute Gasteiger partial charge is 0.491 e. The van der Waals surface area contributed by atoms with Crippen molar-refractivity contribution in [3.8, 4) is 5.75 Å².